The Bertz CT molecular complexity index is 5600. The normalized spacial score (nSPS) is 13.4. The molecule has 0 aromatic heterocycles. The quantitative estimate of drug-likeness (QED) is 0.0352. The topological polar surface area (TPSA) is 6.48 Å². The van der Waals surface area contributed by atoms with Crippen molar-refractivity contribution in [1.29, 1.82) is 0 Å². The maximum absolute atomic E-state index is 4.13. The van der Waals surface area contributed by atoms with Crippen molar-refractivity contribution < 1.29 is 0 Å². The lowest BCUT2D eigenvalue weighted by atomic mass is 9.68. The van der Waals surface area contributed by atoms with Crippen LogP contribution in [0.4, 0.5) is 34.1 Å². The average Bonchev–Trinajstić information content (AvgIpc) is 1.55. The van der Waals surface area contributed by atoms with Gasteiger partial charge in [0.05, 0.1) is 0 Å². The zero-order valence-corrected chi connectivity index (χ0v) is 74.9. The van der Waals surface area contributed by atoms with Crippen molar-refractivity contribution in [1.82, 2.24) is 0 Å². The molecule has 13 aromatic rings. The fourth-order valence-electron chi connectivity index (χ4n) is 21.7. The molecule has 0 heterocycles. The van der Waals surface area contributed by atoms with Gasteiger partial charge in [0, 0.05) is 50.4 Å². The summed E-state index contributed by atoms with van der Waals surface area (Å²) >= 11 is 0. The molecule has 0 amide bonds. The molecular weight excluding hydrogens is 1480 g/mol. The zero-order chi connectivity index (χ0) is 84.5. The molecular formula is C121H132N2. The molecule has 3 aliphatic rings. The van der Waals surface area contributed by atoms with Gasteiger partial charge in [-0.05, 0) is 272 Å². The summed E-state index contributed by atoms with van der Waals surface area (Å²) < 4.78 is 0. The summed E-state index contributed by atoms with van der Waals surface area (Å²) in [6.45, 7) is 22.2. The Kier molecular flexibility index (Phi) is 27.9. The first-order valence-corrected chi connectivity index (χ1v) is 47.7. The van der Waals surface area contributed by atoms with E-state index in [1.807, 2.05) is 12.2 Å². The van der Waals surface area contributed by atoms with Crippen LogP contribution in [-0.4, -0.2) is 0 Å². The molecule has 0 saturated carbocycles. The highest BCUT2D eigenvalue weighted by atomic mass is 15.2. The van der Waals surface area contributed by atoms with Crippen molar-refractivity contribution in [2.45, 2.75) is 250 Å². The molecule has 0 spiro atoms. The van der Waals surface area contributed by atoms with Gasteiger partial charge >= 0.3 is 0 Å². The predicted molar refractivity (Wildman–Crippen MR) is 533 cm³/mol. The van der Waals surface area contributed by atoms with Gasteiger partial charge in [0.1, 0.15) is 0 Å². The molecule has 0 radical (unpaired) electrons. The Morgan fingerprint density at radius 1 is 0.228 bits per heavy atom. The van der Waals surface area contributed by atoms with Gasteiger partial charge in [0.2, 0.25) is 0 Å². The second-order valence-corrected chi connectivity index (χ2v) is 36.7. The highest BCUT2D eigenvalue weighted by Gasteiger charge is 2.47. The Morgan fingerprint density at radius 3 is 0.764 bits per heavy atom. The molecule has 0 atom stereocenters. The molecule has 0 aliphatic heterocycles. The summed E-state index contributed by atoms with van der Waals surface area (Å²) in [5.41, 5.74) is 39.0. The van der Waals surface area contributed by atoms with Crippen LogP contribution in [0, 0.1) is 13.8 Å². The Morgan fingerprint density at radius 2 is 0.463 bits per heavy atom. The minimum Gasteiger partial charge on any atom is -0.311 e. The van der Waals surface area contributed by atoms with Crippen molar-refractivity contribution >= 4 is 46.3 Å². The van der Waals surface area contributed by atoms with Crippen LogP contribution in [0.15, 0.2) is 304 Å². The van der Waals surface area contributed by atoms with Crippen molar-refractivity contribution in [3.05, 3.63) is 371 Å². The van der Waals surface area contributed by atoms with Crippen molar-refractivity contribution in [2.24, 2.45) is 0 Å². The van der Waals surface area contributed by atoms with E-state index >= 15 is 0 Å². The van der Waals surface area contributed by atoms with Gasteiger partial charge in [-0.25, -0.2) is 0 Å². The number of anilines is 6. The first-order chi connectivity index (χ1) is 60.5. The number of unbranched alkanes of at least 4 members (excludes halogenated alkanes) is 20. The lowest BCUT2D eigenvalue weighted by molar-refractivity contribution is 0.398. The molecule has 2 nitrogen and oxygen atoms in total. The minimum atomic E-state index is -0.320. The Labute approximate surface area is 739 Å². The minimum absolute atomic E-state index is 0.0234. The summed E-state index contributed by atoms with van der Waals surface area (Å²) in [5, 5.41) is 0. The first kappa shape index (κ1) is 85.5. The predicted octanol–water partition coefficient (Wildman–Crippen LogP) is 35.8. The molecule has 13 aromatic carbocycles. The number of fused-ring (bicyclic) bond motifs is 9. The van der Waals surface area contributed by atoms with Gasteiger partial charge in [-0.3, -0.25) is 0 Å². The first-order valence-electron chi connectivity index (χ1n) is 47.7. The third-order valence-electron chi connectivity index (χ3n) is 28.3. The second kappa shape index (κ2) is 40.1. The van der Waals surface area contributed by atoms with E-state index in [0.29, 0.717) is 0 Å². The van der Waals surface area contributed by atoms with Crippen LogP contribution in [0.2, 0.25) is 0 Å². The fraction of sp³-hybridized carbons (Fsp3) is 0.322. The summed E-state index contributed by atoms with van der Waals surface area (Å²) in [6.07, 6.45) is 41.4. The van der Waals surface area contributed by atoms with E-state index in [1.54, 1.807) is 11.1 Å². The van der Waals surface area contributed by atoms with Gasteiger partial charge in [-0.2, -0.15) is 0 Å². The monoisotopic (exact) mass is 1610 g/mol. The van der Waals surface area contributed by atoms with E-state index in [2.05, 4.69) is 356 Å². The van der Waals surface area contributed by atoms with Gasteiger partial charge < -0.3 is 9.80 Å². The lowest BCUT2D eigenvalue weighted by Crippen LogP contribution is -2.31. The molecule has 123 heavy (non-hydrogen) atoms. The van der Waals surface area contributed by atoms with Crippen LogP contribution in [0.25, 0.3) is 78.9 Å². The molecule has 0 saturated heterocycles. The molecule has 3 aliphatic carbocycles. The van der Waals surface area contributed by atoms with Crippen molar-refractivity contribution in [3.8, 4) is 66.8 Å². The van der Waals surface area contributed by atoms with Crippen LogP contribution in [0.5, 0.6) is 0 Å². The number of rotatable bonds is 43. The molecule has 16 rings (SSSR count). The molecule has 0 bridgehead atoms. The SMILES string of the molecule is C=Cc1ccc(CC2(Cc3ccc(C=C)cc3)c3cc(C)ccc3-c3ccc(-c4ccc5c(c4)C(CCCCCCCC)(CCCCCCCC)c4cc(-c6ccc(N(c7ccccc7)c7ccc(N(c8ccccc8)c8ccc(-c9ccc%10c(c9)C(CCCCCCCC)(CCCCCCCC)c9cc(C)ccc9-%10)cc8)cc7)cc6)ccc4-5)cc32)cc1. The van der Waals surface area contributed by atoms with Gasteiger partial charge in [-0.15, -0.1) is 0 Å². The van der Waals surface area contributed by atoms with E-state index in [-0.39, 0.29) is 16.2 Å². The second-order valence-electron chi connectivity index (χ2n) is 36.7. The Balaban J connectivity index is 0.718. The number of hydrogen-bond donors (Lipinski definition) is 0. The number of hydrogen-bond acceptors (Lipinski definition) is 2. The summed E-state index contributed by atoms with van der Waals surface area (Å²) in [4.78, 5) is 4.85. The van der Waals surface area contributed by atoms with Gasteiger partial charge in [0.15, 0.2) is 0 Å². The van der Waals surface area contributed by atoms with E-state index in [1.165, 1.54) is 278 Å². The van der Waals surface area contributed by atoms with Crippen LogP contribution in [0.3, 0.4) is 0 Å². The van der Waals surface area contributed by atoms with E-state index in [9.17, 15) is 0 Å². The van der Waals surface area contributed by atoms with Crippen LogP contribution in [-0.2, 0) is 29.1 Å². The number of nitrogens with zero attached hydrogens (tertiary/aromatic N) is 2. The summed E-state index contributed by atoms with van der Waals surface area (Å²) in [5.74, 6) is 0. The highest BCUT2D eigenvalue weighted by molar-refractivity contribution is 5.91. The largest absolute Gasteiger partial charge is 0.311 e. The van der Waals surface area contributed by atoms with Crippen LogP contribution in [0.1, 0.15) is 274 Å². The van der Waals surface area contributed by atoms with E-state index < -0.39 is 0 Å². The summed E-state index contributed by atoms with van der Waals surface area (Å²) in [6, 6.07) is 113. The molecule has 2 heteroatoms. The lowest BCUT2D eigenvalue weighted by Gasteiger charge is -2.34. The standard InChI is InChI=1S/C121H132N2/c1-9-15-19-23-27-37-77-119(78-38-28-24-20-16-10-2)113-81-89(7)45-71-107(113)109-73-59-97(83-115(109)119)95-55-63-103(64-56-95)122(101-41-33-31-34-42-101)105-67-69-106(70-68-105)123(102-43-35-32-36-44-102)104-65-57-96(58-66-104)98-60-74-110-111-75-61-99(85-117(111)120(116(110)84-98,79-39-29-25-21-17-11-3)80-40-30-26-22-18-12-4)100-62-76-112-108-72-46-90(8)82-114(108)121(118(112)86-100,87-93-51-47-91(13-5)48-52-93)88-94-53-49-92(14-6)50-54-94/h13-14,31-36,41-76,81-86H,5-6,9-12,15-30,37-40,77-80,87-88H2,1-4,7-8H3. The number of para-hydroxylation sites is 2. The van der Waals surface area contributed by atoms with Crippen LogP contribution < -0.4 is 9.80 Å². The van der Waals surface area contributed by atoms with Gasteiger partial charge in [0.25, 0.3) is 0 Å². The maximum atomic E-state index is 4.13. The highest BCUT2D eigenvalue weighted by Crippen LogP contribution is 2.60. The average molecular weight is 1610 g/mol. The third kappa shape index (κ3) is 18.5. The van der Waals surface area contributed by atoms with Crippen molar-refractivity contribution in [2.75, 3.05) is 9.80 Å². The molecule has 0 fully saturated rings. The maximum Gasteiger partial charge on any atom is 0.0463 e. The van der Waals surface area contributed by atoms with Crippen LogP contribution >= 0.6 is 0 Å². The van der Waals surface area contributed by atoms with E-state index in [4.69, 9.17) is 0 Å². The van der Waals surface area contributed by atoms with Gasteiger partial charge in [-0.1, -0.05) is 412 Å². The summed E-state index contributed by atoms with van der Waals surface area (Å²) in [7, 11) is 0. The third-order valence-corrected chi connectivity index (χ3v) is 28.3. The zero-order valence-electron chi connectivity index (χ0n) is 74.9. The smallest absolute Gasteiger partial charge is 0.0463 e. The molecule has 0 N–H and O–H groups in total. The Hall–Kier alpha value is -11.1. The molecule has 0 unspecified atom stereocenters. The van der Waals surface area contributed by atoms with Crippen molar-refractivity contribution in [3.63, 3.8) is 0 Å². The number of aryl methyl sites for hydroxylation is 2. The van der Waals surface area contributed by atoms with E-state index in [0.717, 1.165) is 70.9 Å². The number of benzene rings is 13. The fourth-order valence-corrected chi connectivity index (χ4v) is 21.7. The molecule has 626 valence electrons.